The van der Waals surface area contributed by atoms with Gasteiger partial charge in [-0.05, 0) is 50.0 Å². The van der Waals surface area contributed by atoms with Gasteiger partial charge in [-0.15, -0.1) is 0 Å². The summed E-state index contributed by atoms with van der Waals surface area (Å²) in [6.07, 6.45) is 2.34. The van der Waals surface area contributed by atoms with Crippen molar-refractivity contribution in [2.24, 2.45) is 5.92 Å². The predicted octanol–water partition coefficient (Wildman–Crippen LogP) is 3.62. The van der Waals surface area contributed by atoms with Crippen LogP contribution >= 0.6 is 12.6 Å². The van der Waals surface area contributed by atoms with Crippen LogP contribution in [0.1, 0.15) is 37.2 Å². The number of thiol groups is 1. The van der Waals surface area contributed by atoms with Crippen molar-refractivity contribution in [3.8, 4) is 0 Å². The molecule has 1 rings (SSSR count). The lowest BCUT2D eigenvalue weighted by molar-refractivity contribution is 0.508. The molecule has 0 aliphatic rings. The van der Waals surface area contributed by atoms with Gasteiger partial charge in [-0.25, -0.2) is 0 Å². The summed E-state index contributed by atoms with van der Waals surface area (Å²) in [6, 6.07) is 2.33. The van der Waals surface area contributed by atoms with Crippen LogP contribution in [0.3, 0.4) is 0 Å². The van der Waals surface area contributed by atoms with E-state index in [-0.39, 0.29) is 0 Å². The first-order valence-corrected chi connectivity index (χ1v) is 6.46. The van der Waals surface area contributed by atoms with Crippen molar-refractivity contribution in [2.75, 3.05) is 5.75 Å². The van der Waals surface area contributed by atoms with Crippen LogP contribution in [0.25, 0.3) is 0 Å². The maximum Gasteiger partial charge on any atom is 0.0247 e. The second-order valence-electron chi connectivity index (χ2n) is 4.73. The normalized spacial score (nSPS) is 11.3. The SMILES string of the molecule is Cc1cc(CCCS)c(C)n1CC(C)C. The summed E-state index contributed by atoms with van der Waals surface area (Å²) in [5.74, 6) is 1.70. The summed E-state index contributed by atoms with van der Waals surface area (Å²) in [7, 11) is 0. The Kier molecular flexibility index (Phi) is 4.78. The van der Waals surface area contributed by atoms with Crippen LogP contribution in [0, 0.1) is 19.8 Å². The highest BCUT2D eigenvalue weighted by Gasteiger charge is 2.09. The van der Waals surface area contributed by atoms with Gasteiger partial charge < -0.3 is 4.57 Å². The zero-order valence-electron chi connectivity index (χ0n) is 10.4. The average molecular weight is 225 g/mol. The quantitative estimate of drug-likeness (QED) is 0.730. The summed E-state index contributed by atoms with van der Waals surface area (Å²) in [5.41, 5.74) is 4.35. The van der Waals surface area contributed by atoms with Crippen molar-refractivity contribution < 1.29 is 0 Å². The molecule has 0 bridgehead atoms. The number of rotatable bonds is 5. The van der Waals surface area contributed by atoms with Gasteiger partial charge in [0.2, 0.25) is 0 Å². The van der Waals surface area contributed by atoms with Gasteiger partial charge >= 0.3 is 0 Å². The Balaban J connectivity index is 2.83. The third-order valence-electron chi connectivity index (χ3n) is 2.83. The van der Waals surface area contributed by atoms with E-state index in [9.17, 15) is 0 Å². The monoisotopic (exact) mass is 225 g/mol. The van der Waals surface area contributed by atoms with Gasteiger partial charge in [0.25, 0.3) is 0 Å². The van der Waals surface area contributed by atoms with E-state index < -0.39 is 0 Å². The Bertz CT molecular complexity index is 313. The van der Waals surface area contributed by atoms with Gasteiger partial charge in [0.15, 0.2) is 0 Å². The van der Waals surface area contributed by atoms with E-state index in [0.29, 0.717) is 5.92 Å². The Morgan fingerprint density at radius 3 is 2.53 bits per heavy atom. The first-order chi connectivity index (χ1) is 7.06. The van der Waals surface area contributed by atoms with Crippen LogP contribution in [0.15, 0.2) is 6.07 Å². The van der Waals surface area contributed by atoms with Gasteiger partial charge in [-0.3, -0.25) is 0 Å². The molecule has 0 fully saturated rings. The maximum absolute atomic E-state index is 4.27. The van der Waals surface area contributed by atoms with Crippen molar-refractivity contribution in [3.05, 3.63) is 23.0 Å². The maximum atomic E-state index is 4.27. The molecular weight excluding hydrogens is 202 g/mol. The number of aryl methyl sites for hydroxylation is 2. The topological polar surface area (TPSA) is 4.93 Å². The second-order valence-corrected chi connectivity index (χ2v) is 5.18. The van der Waals surface area contributed by atoms with E-state index in [4.69, 9.17) is 0 Å². The molecule has 1 aromatic rings. The molecule has 15 heavy (non-hydrogen) atoms. The minimum atomic E-state index is 0.715. The van der Waals surface area contributed by atoms with Gasteiger partial charge in [0.05, 0.1) is 0 Å². The van der Waals surface area contributed by atoms with E-state index >= 15 is 0 Å². The minimum absolute atomic E-state index is 0.715. The van der Waals surface area contributed by atoms with E-state index in [1.54, 1.807) is 0 Å². The molecule has 0 aromatic carbocycles. The molecule has 0 unspecified atom stereocenters. The van der Waals surface area contributed by atoms with Crippen LogP contribution < -0.4 is 0 Å². The molecule has 0 aliphatic carbocycles. The third-order valence-corrected chi connectivity index (χ3v) is 3.15. The van der Waals surface area contributed by atoms with Crippen molar-refractivity contribution in [1.82, 2.24) is 4.57 Å². The molecule has 1 nitrogen and oxygen atoms in total. The molecule has 1 heterocycles. The van der Waals surface area contributed by atoms with Crippen LogP contribution in [-0.2, 0) is 13.0 Å². The zero-order chi connectivity index (χ0) is 11.4. The molecule has 2 heteroatoms. The number of hydrogen-bond donors (Lipinski definition) is 1. The molecule has 0 atom stereocenters. The standard InChI is InChI=1S/C13H23NS/c1-10(2)9-14-11(3)8-13(12(14)4)6-5-7-15/h8,10,15H,5-7,9H2,1-4H3. The Hall–Kier alpha value is -0.370. The number of hydrogen-bond acceptors (Lipinski definition) is 1. The van der Waals surface area contributed by atoms with E-state index in [2.05, 4.69) is 51.0 Å². The lowest BCUT2D eigenvalue weighted by Crippen LogP contribution is -2.08. The molecule has 86 valence electrons. The fourth-order valence-corrected chi connectivity index (χ4v) is 2.20. The van der Waals surface area contributed by atoms with Gasteiger partial charge in [0, 0.05) is 17.9 Å². The molecular formula is C13H23NS. The van der Waals surface area contributed by atoms with Crippen molar-refractivity contribution in [3.63, 3.8) is 0 Å². The lowest BCUT2D eigenvalue weighted by Gasteiger charge is -2.12. The first-order valence-electron chi connectivity index (χ1n) is 5.82. The lowest BCUT2D eigenvalue weighted by atomic mass is 10.1. The summed E-state index contributed by atoms with van der Waals surface area (Å²) in [6.45, 7) is 10.1. The Morgan fingerprint density at radius 2 is 2.00 bits per heavy atom. The van der Waals surface area contributed by atoms with Crippen LogP contribution in [0.2, 0.25) is 0 Å². The van der Waals surface area contributed by atoms with Crippen molar-refractivity contribution in [2.45, 2.75) is 47.1 Å². The molecule has 0 saturated heterocycles. The van der Waals surface area contributed by atoms with E-state index in [0.717, 1.165) is 12.3 Å². The average Bonchev–Trinajstić information content (AvgIpc) is 2.42. The predicted molar refractivity (Wildman–Crippen MR) is 70.9 cm³/mol. The minimum Gasteiger partial charge on any atom is -0.349 e. The largest absolute Gasteiger partial charge is 0.349 e. The molecule has 1 aromatic heterocycles. The molecule has 0 amide bonds. The Morgan fingerprint density at radius 1 is 1.33 bits per heavy atom. The Labute approximate surface area is 99.3 Å². The van der Waals surface area contributed by atoms with Gasteiger partial charge in [0.1, 0.15) is 0 Å². The molecule has 0 N–H and O–H groups in total. The molecule has 0 aliphatic heterocycles. The van der Waals surface area contributed by atoms with Crippen LogP contribution in [-0.4, -0.2) is 10.3 Å². The summed E-state index contributed by atoms with van der Waals surface area (Å²) < 4.78 is 2.44. The highest BCUT2D eigenvalue weighted by molar-refractivity contribution is 7.80. The van der Waals surface area contributed by atoms with Gasteiger partial charge in [-0.2, -0.15) is 12.6 Å². The fraction of sp³-hybridized carbons (Fsp3) is 0.692. The number of aromatic nitrogens is 1. The van der Waals surface area contributed by atoms with E-state index in [1.165, 1.54) is 29.8 Å². The summed E-state index contributed by atoms with van der Waals surface area (Å²) in [5, 5.41) is 0. The van der Waals surface area contributed by atoms with Crippen LogP contribution in [0.5, 0.6) is 0 Å². The highest BCUT2D eigenvalue weighted by Crippen LogP contribution is 2.18. The smallest absolute Gasteiger partial charge is 0.0247 e. The molecule has 0 spiro atoms. The van der Waals surface area contributed by atoms with Crippen LogP contribution in [0.4, 0.5) is 0 Å². The molecule has 0 radical (unpaired) electrons. The second kappa shape index (κ2) is 5.64. The third kappa shape index (κ3) is 3.30. The fourth-order valence-electron chi connectivity index (χ4n) is 2.04. The molecule has 0 saturated carbocycles. The van der Waals surface area contributed by atoms with Gasteiger partial charge in [-0.1, -0.05) is 13.8 Å². The summed E-state index contributed by atoms with van der Waals surface area (Å²) in [4.78, 5) is 0. The zero-order valence-corrected chi connectivity index (χ0v) is 11.3. The highest BCUT2D eigenvalue weighted by atomic mass is 32.1. The van der Waals surface area contributed by atoms with E-state index in [1.807, 2.05) is 0 Å². The van der Waals surface area contributed by atoms with Crippen molar-refractivity contribution >= 4 is 12.6 Å². The first kappa shape index (κ1) is 12.7. The summed E-state index contributed by atoms with van der Waals surface area (Å²) >= 11 is 4.27. The number of nitrogens with zero attached hydrogens (tertiary/aromatic N) is 1. The van der Waals surface area contributed by atoms with Crippen molar-refractivity contribution in [1.29, 1.82) is 0 Å².